The Morgan fingerprint density at radius 2 is 2.25 bits per heavy atom. The van der Waals surface area contributed by atoms with Crippen LogP contribution >= 0.6 is 11.3 Å². The second kappa shape index (κ2) is 9.46. The molecule has 0 bridgehead atoms. The van der Waals surface area contributed by atoms with E-state index in [-0.39, 0.29) is 19.1 Å². The van der Waals surface area contributed by atoms with Gasteiger partial charge in [0.2, 0.25) is 5.91 Å². The number of amides is 3. The number of carbonyl (C=O) groups excluding carboxylic acids is 2. The van der Waals surface area contributed by atoms with Crippen LogP contribution in [0, 0.1) is 0 Å². The first-order chi connectivity index (χ1) is 9.65. The highest BCUT2D eigenvalue weighted by Crippen LogP contribution is 2.07. The third-order valence-electron chi connectivity index (χ3n) is 2.72. The second-order valence-electron chi connectivity index (χ2n) is 4.23. The minimum Gasteiger partial charge on any atom is -0.395 e. The lowest BCUT2D eigenvalue weighted by atomic mass is 10.3. The Kier molecular flexibility index (Phi) is 7.86. The molecule has 112 valence electrons. The van der Waals surface area contributed by atoms with Gasteiger partial charge in [-0.05, 0) is 24.4 Å². The third-order valence-corrected chi connectivity index (χ3v) is 3.66. The smallest absolute Gasteiger partial charge is 0.321 e. The highest BCUT2D eigenvalue weighted by molar-refractivity contribution is 7.09. The molecule has 0 unspecified atom stereocenters. The van der Waals surface area contributed by atoms with E-state index in [0.717, 1.165) is 6.42 Å². The quantitative estimate of drug-likeness (QED) is 0.650. The molecule has 3 N–H and O–H groups in total. The molecule has 3 amide bonds. The minimum atomic E-state index is -0.480. The number of aliphatic hydroxyl groups excluding tert-OH is 1. The monoisotopic (exact) mass is 299 g/mol. The highest BCUT2D eigenvalue weighted by atomic mass is 32.1. The number of thiophene rings is 1. The van der Waals surface area contributed by atoms with Gasteiger partial charge in [0.15, 0.2) is 0 Å². The summed E-state index contributed by atoms with van der Waals surface area (Å²) in [5.74, 6) is -0.367. The fraction of sp³-hybridized carbons (Fsp3) is 0.538. The molecular weight excluding hydrogens is 278 g/mol. The summed E-state index contributed by atoms with van der Waals surface area (Å²) in [5.41, 5.74) is 0. The number of carbonyl (C=O) groups is 2. The van der Waals surface area contributed by atoms with E-state index in [9.17, 15) is 9.59 Å². The maximum Gasteiger partial charge on any atom is 0.321 e. The summed E-state index contributed by atoms with van der Waals surface area (Å²) in [4.78, 5) is 26.0. The van der Waals surface area contributed by atoms with Gasteiger partial charge in [-0.3, -0.25) is 15.0 Å². The number of nitrogens with one attached hydrogen (secondary N) is 2. The van der Waals surface area contributed by atoms with Crippen LogP contribution in [-0.2, 0) is 11.2 Å². The lowest BCUT2D eigenvalue weighted by Crippen LogP contribution is -2.45. The molecule has 1 aromatic heterocycles. The number of hydrogen-bond donors (Lipinski definition) is 3. The van der Waals surface area contributed by atoms with Crippen LogP contribution in [0.2, 0.25) is 0 Å². The Morgan fingerprint density at radius 3 is 2.85 bits per heavy atom. The molecule has 1 heterocycles. The molecule has 0 aliphatic rings. The molecule has 0 fully saturated rings. The van der Waals surface area contributed by atoms with Crippen LogP contribution in [0.5, 0.6) is 0 Å². The van der Waals surface area contributed by atoms with Gasteiger partial charge in [-0.25, -0.2) is 4.79 Å². The lowest BCUT2D eigenvalue weighted by Gasteiger charge is -2.18. The van der Waals surface area contributed by atoms with Crippen molar-refractivity contribution >= 4 is 23.3 Å². The number of likely N-dealkylation sites (N-methyl/N-ethyl adjacent to an activating group) is 1. The van der Waals surface area contributed by atoms with Crippen molar-refractivity contribution in [3.05, 3.63) is 22.4 Å². The topological polar surface area (TPSA) is 81.7 Å². The predicted octanol–water partition coefficient (Wildman–Crippen LogP) is 0.431. The van der Waals surface area contributed by atoms with Gasteiger partial charge in [0.05, 0.1) is 13.2 Å². The maximum atomic E-state index is 11.6. The van der Waals surface area contributed by atoms with E-state index in [1.54, 1.807) is 16.2 Å². The average molecular weight is 299 g/mol. The molecule has 7 heteroatoms. The normalized spacial score (nSPS) is 10.6. The van der Waals surface area contributed by atoms with Crippen LogP contribution in [0.15, 0.2) is 17.5 Å². The molecule has 6 nitrogen and oxygen atoms in total. The van der Waals surface area contributed by atoms with Crippen molar-refractivity contribution in [1.29, 1.82) is 0 Å². The SMILES string of the molecule is CCN(CCO)CC(=O)NC(=O)NCCc1cccs1. The van der Waals surface area contributed by atoms with E-state index in [1.807, 2.05) is 24.4 Å². The Hall–Kier alpha value is -1.44. The van der Waals surface area contributed by atoms with Gasteiger partial charge in [0.25, 0.3) is 0 Å². The van der Waals surface area contributed by atoms with Crippen molar-refractivity contribution < 1.29 is 14.7 Å². The molecular formula is C13H21N3O3S. The number of nitrogens with zero attached hydrogens (tertiary/aromatic N) is 1. The largest absolute Gasteiger partial charge is 0.395 e. The number of aliphatic hydroxyl groups is 1. The summed E-state index contributed by atoms with van der Waals surface area (Å²) in [7, 11) is 0. The summed E-state index contributed by atoms with van der Waals surface area (Å²) < 4.78 is 0. The van der Waals surface area contributed by atoms with Crippen molar-refractivity contribution in [2.24, 2.45) is 0 Å². The molecule has 20 heavy (non-hydrogen) atoms. The fourth-order valence-electron chi connectivity index (χ4n) is 1.66. The van der Waals surface area contributed by atoms with Crippen LogP contribution in [0.1, 0.15) is 11.8 Å². The van der Waals surface area contributed by atoms with E-state index >= 15 is 0 Å². The van der Waals surface area contributed by atoms with Crippen molar-refractivity contribution in [2.75, 3.05) is 32.8 Å². The van der Waals surface area contributed by atoms with Gasteiger partial charge >= 0.3 is 6.03 Å². The lowest BCUT2D eigenvalue weighted by molar-refractivity contribution is -0.121. The van der Waals surface area contributed by atoms with Crippen LogP contribution < -0.4 is 10.6 Å². The molecule has 0 saturated carbocycles. The zero-order valence-electron chi connectivity index (χ0n) is 11.6. The maximum absolute atomic E-state index is 11.6. The van der Waals surface area contributed by atoms with Gasteiger partial charge in [0.1, 0.15) is 0 Å². The van der Waals surface area contributed by atoms with Crippen molar-refractivity contribution in [2.45, 2.75) is 13.3 Å². The summed E-state index contributed by atoms with van der Waals surface area (Å²) in [6, 6.07) is 3.49. The molecule has 0 radical (unpaired) electrons. The Balaban J connectivity index is 2.18. The van der Waals surface area contributed by atoms with Crippen molar-refractivity contribution in [1.82, 2.24) is 15.5 Å². The summed E-state index contributed by atoms with van der Waals surface area (Å²) >= 11 is 1.64. The molecule has 0 aliphatic carbocycles. The Bertz CT molecular complexity index is 409. The molecule has 0 aromatic carbocycles. The summed E-state index contributed by atoms with van der Waals surface area (Å²) in [6.07, 6.45) is 0.755. The summed E-state index contributed by atoms with van der Waals surface area (Å²) in [5, 5.41) is 15.7. The Labute approximate surface area is 122 Å². The highest BCUT2D eigenvalue weighted by Gasteiger charge is 2.11. The molecule has 1 rings (SSSR count). The molecule has 0 aliphatic heterocycles. The van der Waals surface area contributed by atoms with Crippen molar-refractivity contribution in [3.63, 3.8) is 0 Å². The van der Waals surface area contributed by atoms with Gasteiger partial charge in [-0.15, -0.1) is 11.3 Å². The van der Waals surface area contributed by atoms with Gasteiger partial charge < -0.3 is 10.4 Å². The van der Waals surface area contributed by atoms with Gasteiger partial charge in [-0.2, -0.15) is 0 Å². The number of rotatable bonds is 8. The number of imide groups is 1. The molecule has 1 aromatic rings. The van der Waals surface area contributed by atoms with Crippen LogP contribution in [-0.4, -0.2) is 54.7 Å². The van der Waals surface area contributed by atoms with Crippen LogP contribution in [0.25, 0.3) is 0 Å². The van der Waals surface area contributed by atoms with E-state index < -0.39 is 6.03 Å². The van der Waals surface area contributed by atoms with E-state index in [4.69, 9.17) is 5.11 Å². The van der Waals surface area contributed by atoms with Crippen LogP contribution in [0.4, 0.5) is 4.79 Å². The summed E-state index contributed by atoms with van der Waals surface area (Å²) in [6.45, 7) is 3.55. The predicted molar refractivity (Wildman–Crippen MR) is 78.8 cm³/mol. The van der Waals surface area contributed by atoms with E-state index in [1.165, 1.54) is 4.88 Å². The molecule has 0 saturated heterocycles. The van der Waals surface area contributed by atoms with Crippen LogP contribution in [0.3, 0.4) is 0 Å². The van der Waals surface area contributed by atoms with E-state index in [0.29, 0.717) is 19.6 Å². The number of urea groups is 1. The molecule has 0 atom stereocenters. The van der Waals surface area contributed by atoms with Gasteiger partial charge in [-0.1, -0.05) is 13.0 Å². The number of hydrogen-bond acceptors (Lipinski definition) is 5. The molecule has 0 spiro atoms. The van der Waals surface area contributed by atoms with E-state index in [2.05, 4.69) is 10.6 Å². The fourth-order valence-corrected chi connectivity index (χ4v) is 2.37. The first-order valence-corrected chi connectivity index (χ1v) is 7.47. The minimum absolute atomic E-state index is 0.00582. The zero-order valence-corrected chi connectivity index (χ0v) is 12.4. The first kappa shape index (κ1) is 16.6. The average Bonchev–Trinajstić information content (AvgIpc) is 2.91. The Morgan fingerprint density at radius 1 is 1.45 bits per heavy atom. The van der Waals surface area contributed by atoms with Gasteiger partial charge in [0, 0.05) is 18.0 Å². The first-order valence-electron chi connectivity index (χ1n) is 6.59. The zero-order chi connectivity index (χ0) is 14.8. The standard InChI is InChI=1S/C13H21N3O3S/c1-2-16(7-8-17)10-12(18)15-13(19)14-6-5-11-4-3-9-20-11/h3-4,9,17H,2,5-8,10H2,1H3,(H2,14,15,18,19). The van der Waals surface area contributed by atoms with Crippen molar-refractivity contribution in [3.8, 4) is 0 Å². The second-order valence-corrected chi connectivity index (χ2v) is 5.26. The third kappa shape index (κ3) is 6.65.